The molecule has 0 heterocycles. The Bertz CT molecular complexity index is 550. The molecule has 0 spiro atoms. The lowest BCUT2D eigenvalue weighted by molar-refractivity contribution is -0.127. The van der Waals surface area contributed by atoms with E-state index in [1.807, 2.05) is 6.92 Å². The summed E-state index contributed by atoms with van der Waals surface area (Å²) in [7, 11) is 0. The Kier molecular flexibility index (Phi) is 3.58. The van der Waals surface area contributed by atoms with E-state index in [0.29, 0.717) is 17.1 Å². The molecule has 5 unspecified atom stereocenters. The summed E-state index contributed by atoms with van der Waals surface area (Å²) in [5.74, 6) is 3.00. The summed E-state index contributed by atoms with van der Waals surface area (Å²) in [5, 5.41) is 10.1. The maximum atomic E-state index is 12.2. The highest BCUT2D eigenvalue weighted by Gasteiger charge is 2.59. The molecule has 3 saturated carbocycles. The molecule has 0 aliphatic heterocycles. The minimum atomic E-state index is -0.117. The van der Waals surface area contributed by atoms with Gasteiger partial charge in [-0.1, -0.05) is 25.5 Å². The molecule has 0 radical (unpaired) electrons. The molecule has 4 rings (SSSR count). The van der Waals surface area contributed by atoms with Crippen LogP contribution in [0, 0.1) is 34.5 Å². The number of hydrogen-bond donors (Lipinski definition) is 1. The van der Waals surface area contributed by atoms with Crippen molar-refractivity contribution in [2.45, 2.75) is 78.2 Å². The van der Waals surface area contributed by atoms with Gasteiger partial charge in [0.05, 0.1) is 6.10 Å². The third-order valence-electron chi connectivity index (χ3n) is 8.57. The van der Waals surface area contributed by atoms with Crippen LogP contribution in [0.25, 0.3) is 0 Å². The van der Waals surface area contributed by atoms with Gasteiger partial charge in [0.25, 0.3) is 0 Å². The van der Waals surface area contributed by atoms with Crippen molar-refractivity contribution >= 4 is 5.78 Å². The molecule has 3 fully saturated rings. The quantitative estimate of drug-likeness (QED) is 0.722. The zero-order chi connectivity index (χ0) is 16.4. The highest BCUT2D eigenvalue weighted by molar-refractivity contribution is 5.79. The maximum Gasteiger partial charge on any atom is 0.133 e. The molecule has 2 nitrogen and oxygen atoms in total. The minimum absolute atomic E-state index is 0.117. The average molecular weight is 316 g/mol. The first-order valence-corrected chi connectivity index (χ1v) is 9.74. The summed E-state index contributed by atoms with van der Waals surface area (Å²) in [5.41, 5.74) is 2.11. The van der Waals surface area contributed by atoms with Crippen molar-refractivity contribution in [3.05, 3.63) is 11.6 Å². The van der Waals surface area contributed by atoms with E-state index in [1.165, 1.54) is 25.7 Å². The van der Waals surface area contributed by atoms with E-state index in [-0.39, 0.29) is 11.5 Å². The van der Waals surface area contributed by atoms with Crippen molar-refractivity contribution < 1.29 is 9.90 Å². The third-order valence-corrected chi connectivity index (χ3v) is 8.57. The van der Waals surface area contributed by atoms with Crippen molar-refractivity contribution in [1.29, 1.82) is 0 Å². The molecule has 128 valence electrons. The Labute approximate surface area is 140 Å². The van der Waals surface area contributed by atoms with Crippen LogP contribution in [0.15, 0.2) is 11.6 Å². The van der Waals surface area contributed by atoms with Crippen LogP contribution >= 0.6 is 0 Å². The van der Waals surface area contributed by atoms with Crippen LogP contribution in [0.2, 0.25) is 0 Å². The van der Waals surface area contributed by atoms with Crippen LogP contribution in [0.4, 0.5) is 0 Å². The van der Waals surface area contributed by atoms with Gasteiger partial charge in [0.15, 0.2) is 0 Å². The Morgan fingerprint density at radius 1 is 1.13 bits per heavy atom. The fraction of sp³-hybridized carbons (Fsp3) is 0.857. The van der Waals surface area contributed by atoms with Gasteiger partial charge in [-0.2, -0.15) is 0 Å². The summed E-state index contributed by atoms with van der Waals surface area (Å²) in [6, 6.07) is 0. The molecule has 0 aromatic carbocycles. The van der Waals surface area contributed by atoms with E-state index in [0.717, 1.165) is 43.4 Å². The fourth-order valence-electron chi connectivity index (χ4n) is 7.31. The standard InChI is InChI=1S/C21H32O2/c1-13(22)17-6-7-18-16-5-4-14-12-15(23)8-10-20(14,2)19(16)9-11-21(17,18)3/h4,15-19,23H,5-12H2,1-3H3/t15?,16?,17?,18?,19?,20-,21+/m0/s1. The van der Waals surface area contributed by atoms with Crippen LogP contribution in [0.5, 0.6) is 0 Å². The van der Waals surface area contributed by atoms with Crippen LogP contribution in [0.3, 0.4) is 0 Å². The van der Waals surface area contributed by atoms with Gasteiger partial charge < -0.3 is 5.11 Å². The minimum Gasteiger partial charge on any atom is -0.393 e. The Morgan fingerprint density at radius 2 is 1.91 bits per heavy atom. The van der Waals surface area contributed by atoms with Gasteiger partial charge >= 0.3 is 0 Å². The molecule has 0 aromatic rings. The van der Waals surface area contributed by atoms with Crippen LogP contribution < -0.4 is 0 Å². The summed E-state index contributed by atoms with van der Waals surface area (Å²) in [6.45, 7) is 6.70. The lowest BCUT2D eigenvalue weighted by Gasteiger charge is -2.57. The zero-order valence-electron chi connectivity index (χ0n) is 15.0. The first kappa shape index (κ1) is 15.9. The highest BCUT2D eigenvalue weighted by atomic mass is 16.3. The number of Topliss-reactive ketones (excluding diaryl/α,β-unsaturated/α-hetero) is 1. The van der Waals surface area contributed by atoms with Gasteiger partial charge in [0.2, 0.25) is 0 Å². The lowest BCUT2D eigenvalue weighted by Crippen LogP contribution is -2.50. The summed E-state index contributed by atoms with van der Waals surface area (Å²) >= 11 is 0. The molecule has 7 atom stereocenters. The maximum absolute atomic E-state index is 12.2. The number of ketones is 1. The van der Waals surface area contributed by atoms with E-state index in [4.69, 9.17) is 0 Å². The Hall–Kier alpha value is -0.630. The Balaban J connectivity index is 1.66. The average Bonchev–Trinajstić information content (AvgIpc) is 2.85. The molecular weight excluding hydrogens is 284 g/mol. The molecule has 1 N–H and O–H groups in total. The molecule has 23 heavy (non-hydrogen) atoms. The summed E-state index contributed by atoms with van der Waals surface area (Å²) in [6.07, 6.45) is 11.5. The lowest BCUT2D eigenvalue weighted by atomic mass is 9.47. The summed E-state index contributed by atoms with van der Waals surface area (Å²) in [4.78, 5) is 12.2. The number of hydrogen-bond acceptors (Lipinski definition) is 2. The normalized spacial score (nSPS) is 52.2. The molecule has 0 bridgehead atoms. The van der Waals surface area contributed by atoms with Crippen molar-refractivity contribution in [2.75, 3.05) is 0 Å². The SMILES string of the molecule is CC(=O)C1CCC2C3CC=C4CC(O)CC[C@]4(C)C3CC[C@]12C. The van der Waals surface area contributed by atoms with Gasteiger partial charge in [-0.15, -0.1) is 0 Å². The highest BCUT2D eigenvalue weighted by Crippen LogP contribution is 2.66. The second kappa shape index (κ2) is 5.18. The van der Waals surface area contributed by atoms with Crippen LogP contribution in [0.1, 0.15) is 72.1 Å². The second-order valence-electron chi connectivity index (χ2n) is 9.44. The number of aliphatic hydroxyl groups is 1. The van der Waals surface area contributed by atoms with E-state index in [1.54, 1.807) is 5.57 Å². The molecule has 0 aromatic heterocycles. The molecule has 0 saturated heterocycles. The van der Waals surface area contributed by atoms with Gasteiger partial charge in [-0.25, -0.2) is 0 Å². The van der Waals surface area contributed by atoms with Gasteiger partial charge in [0.1, 0.15) is 5.78 Å². The van der Waals surface area contributed by atoms with Crippen molar-refractivity contribution in [2.24, 2.45) is 34.5 Å². The number of carbonyl (C=O) groups excluding carboxylic acids is 1. The van der Waals surface area contributed by atoms with Crippen LogP contribution in [-0.4, -0.2) is 17.0 Å². The molecule has 2 heteroatoms. The van der Waals surface area contributed by atoms with Crippen molar-refractivity contribution in [3.8, 4) is 0 Å². The number of carbonyl (C=O) groups is 1. The monoisotopic (exact) mass is 316 g/mol. The molecule has 0 amide bonds. The number of fused-ring (bicyclic) bond motifs is 5. The Morgan fingerprint density at radius 3 is 2.65 bits per heavy atom. The van der Waals surface area contributed by atoms with Gasteiger partial charge in [0, 0.05) is 5.92 Å². The summed E-state index contributed by atoms with van der Waals surface area (Å²) < 4.78 is 0. The first-order chi connectivity index (χ1) is 10.9. The zero-order valence-corrected chi connectivity index (χ0v) is 15.0. The van der Waals surface area contributed by atoms with Gasteiger partial charge in [-0.05, 0) is 86.9 Å². The molecule has 4 aliphatic carbocycles. The first-order valence-electron chi connectivity index (χ1n) is 9.74. The smallest absolute Gasteiger partial charge is 0.133 e. The second-order valence-corrected chi connectivity index (χ2v) is 9.44. The van der Waals surface area contributed by atoms with E-state index in [2.05, 4.69) is 19.9 Å². The predicted molar refractivity (Wildman–Crippen MR) is 91.9 cm³/mol. The fourth-order valence-corrected chi connectivity index (χ4v) is 7.31. The van der Waals surface area contributed by atoms with E-state index >= 15 is 0 Å². The van der Waals surface area contributed by atoms with E-state index in [9.17, 15) is 9.90 Å². The van der Waals surface area contributed by atoms with Crippen molar-refractivity contribution in [1.82, 2.24) is 0 Å². The van der Waals surface area contributed by atoms with Gasteiger partial charge in [-0.3, -0.25) is 4.79 Å². The number of rotatable bonds is 1. The predicted octanol–water partition coefficient (Wildman–Crippen LogP) is 4.52. The third kappa shape index (κ3) is 2.13. The molecule has 4 aliphatic rings. The van der Waals surface area contributed by atoms with E-state index < -0.39 is 0 Å². The largest absolute Gasteiger partial charge is 0.393 e. The van der Waals surface area contributed by atoms with Crippen molar-refractivity contribution in [3.63, 3.8) is 0 Å². The topological polar surface area (TPSA) is 37.3 Å². The molecular formula is C21H32O2. The van der Waals surface area contributed by atoms with Crippen LogP contribution in [-0.2, 0) is 4.79 Å². The number of allylic oxidation sites excluding steroid dienone is 1. The number of aliphatic hydroxyl groups excluding tert-OH is 1.